The summed E-state index contributed by atoms with van der Waals surface area (Å²) in [5.41, 5.74) is 5.11. The molecule has 4 N–H and O–H groups in total. The van der Waals surface area contributed by atoms with Crippen molar-refractivity contribution in [1.82, 2.24) is 20.4 Å². The van der Waals surface area contributed by atoms with E-state index in [1.165, 1.54) is 6.20 Å². The molecule has 1 atom stereocenters. The Bertz CT molecular complexity index is 750. The molecule has 1 heterocycles. The number of carbonyl (C=O) groups is 1. The van der Waals surface area contributed by atoms with Crippen molar-refractivity contribution in [3.05, 3.63) is 42.0 Å². The highest BCUT2D eigenvalue weighted by Gasteiger charge is 2.33. The van der Waals surface area contributed by atoms with Gasteiger partial charge in [-0.2, -0.15) is 18.3 Å². The molecular formula is C20H33F3N6O. The Kier molecular flexibility index (Phi) is 10.9. The molecule has 10 heteroatoms. The first-order valence-corrected chi connectivity index (χ1v) is 9.54. The van der Waals surface area contributed by atoms with E-state index in [1.54, 1.807) is 34.0 Å². The molecule has 0 aliphatic rings. The highest BCUT2D eigenvalue weighted by atomic mass is 19.4. The van der Waals surface area contributed by atoms with E-state index in [0.29, 0.717) is 11.3 Å². The Morgan fingerprint density at radius 2 is 2.00 bits per heavy atom. The lowest BCUT2D eigenvalue weighted by atomic mass is 10.0. The van der Waals surface area contributed by atoms with E-state index in [2.05, 4.69) is 27.3 Å². The van der Waals surface area contributed by atoms with Crippen molar-refractivity contribution in [3.8, 4) is 0 Å². The fourth-order valence-corrected chi connectivity index (χ4v) is 2.53. The van der Waals surface area contributed by atoms with Crippen LogP contribution in [0.3, 0.4) is 0 Å². The van der Waals surface area contributed by atoms with Gasteiger partial charge in [-0.25, -0.2) is 0 Å². The first-order chi connectivity index (χ1) is 13.9. The van der Waals surface area contributed by atoms with Gasteiger partial charge in [0.25, 0.3) is 0 Å². The standard InChI is InChI=1S/C18H27F3N6O.C2H6/c1-12(2)25-15(6-13(7-22)8-23-5)16(28)26-17(3,4)11-27-10-14(9-24-27)18(19,20)21;1-2/h7-10,15,25H,1,6,11,22H2,2-5H3,(H,26,28);1-2H3/b13-7-,23-8?;. The lowest BCUT2D eigenvalue weighted by Gasteiger charge is -2.29. The highest BCUT2D eigenvalue weighted by molar-refractivity contribution is 5.86. The summed E-state index contributed by atoms with van der Waals surface area (Å²) in [7, 11) is 1.59. The van der Waals surface area contributed by atoms with Crippen LogP contribution in [-0.2, 0) is 17.5 Å². The quantitative estimate of drug-likeness (QED) is 0.524. The second-order valence-corrected chi connectivity index (χ2v) is 7.11. The zero-order valence-corrected chi connectivity index (χ0v) is 18.5. The summed E-state index contributed by atoms with van der Waals surface area (Å²) in [5.74, 6) is -0.347. The van der Waals surface area contributed by atoms with Gasteiger partial charge in [0.15, 0.2) is 0 Å². The van der Waals surface area contributed by atoms with E-state index in [-0.39, 0.29) is 18.9 Å². The fraction of sp³-hybridized carbons (Fsp3) is 0.550. The number of alkyl halides is 3. The summed E-state index contributed by atoms with van der Waals surface area (Å²) >= 11 is 0. The maximum atomic E-state index is 12.8. The maximum Gasteiger partial charge on any atom is 0.419 e. The third kappa shape index (κ3) is 9.62. The van der Waals surface area contributed by atoms with Crippen LogP contribution >= 0.6 is 0 Å². The van der Waals surface area contributed by atoms with Gasteiger partial charge in [-0.15, -0.1) is 0 Å². The van der Waals surface area contributed by atoms with Gasteiger partial charge in [0.1, 0.15) is 6.04 Å². The van der Waals surface area contributed by atoms with Crippen LogP contribution in [0, 0.1) is 0 Å². The molecular weight excluding hydrogens is 397 g/mol. The third-order valence-electron chi connectivity index (χ3n) is 3.67. The van der Waals surface area contributed by atoms with Gasteiger partial charge in [-0.05, 0) is 32.5 Å². The lowest BCUT2D eigenvalue weighted by Crippen LogP contribution is -2.53. The van der Waals surface area contributed by atoms with Crippen molar-refractivity contribution >= 4 is 12.1 Å². The first kappa shape index (κ1) is 27.2. The van der Waals surface area contributed by atoms with Crippen molar-refractivity contribution in [2.75, 3.05) is 7.05 Å². The topological polar surface area (TPSA) is 97.3 Å². The van der Waals surface area contributed by atoms with Crippen LogP contribution in [0.4, 0.5) is 13.2 Å². The van der Waals surface area contributed by atoms with Gasteiger partial charge in [0.05, 0.1) is 23.8 Å². The van der Waals surface area contributed by atoms with E-state index >= 15 is 0 Å². The Balaban J connectivity index is 0.00000407. The van der Waals surface area contributed by atoms with E-state index < -0.39 is 23.3 Å². The fourth-order valence-electron chi connectivity index (χ4n) is 2.53. The van der Waals surface area contributed by atoms with Gasteiger partial charge >= 0.3 is 6.18 Å². The summed E-state index contributed by atoms with van der Waals surface area (Å²) < 4.78 is 39.3. The van der Waals surface area contributed by atoms with Crippen LogP contribution in [0.25, 0.3) is 0 Å². The molecule has 0 aliphatic heterocycles. The van der Waals surface area contributed by atoms with Crippen LogP contribution in [0.15, 0.2) is 41.4 Å². The minimum atomic E-state index is -4.46. The lowest BCUT2D eigenvalue weighted by molar-refractivity contribution is -0.137. The van der Waals surface area contributed by atoms with E-state index in [0.717, 1.165) is 17.1 Å². The average Bonchev–Trinajstić information content (AvgIpc) is 3.09. The molecule has 0 saturated heterocycles. The summed E-state index contributed by atoms with van der Waals surface area (Å²) in [6.45, 7) is 12.9. The van der Waals surface area contributed by atoms with E-state index in [1.807, 2.05) is 13.8 Å². The van der Waals surface area contributed by atoms with Crippen LogP contribution < -0.4 is 16.4 Å². The molecule has 0 bridgehead atoms. The number of carbonyl (C=O) groups excluding carboxylic acids is 1. The van der Waals surface area contributed by atoms with Gasteiger partial charge in [-0.3, -0.25) is 14.5 Å². The Hall–Kier alpha value is -2.78. The molecule has 1 amide bonds. The second kappa shape index (κ2) is 12.0. The number of nitrogens with one attached hydrogen (secondary N) is 2. The number of aliphatic imine (C=N–C) groups is 1. The predicted molar refractivity (Wildman–Crippen MR) is 114 cm³/mol. The van der Waals surface area contributed by atoms with Crippen LogP contribution in [0.5, 0.6) is 0 Å². The summed E-state index contributed by atoms with van der Waals surface area (Å²) in [4.78, 5) is 16.7. The number of halogens is 3. The van der Waals surface area contributed by atoms with Crippen molar-refractivity contribution in [3.63, 3.8) is 0 Å². The summed E-state index contributed by atoms with van der Waals surface area (Å²) in [6, 6.07) is -0.673. The number of rotatable bonds is 9. The van der Waals surface area contributed by atoms with Crippen molar-refractivity contribution in [2.45, 2.75) is 65.3 Å². The SMILES string of the molecule is C=C(C)NC(C/C(C=NC)=C/N)C(=O)NC(C)(C)Cn1cc(C(F)(F)F)cn1.CC. The number of hydrogen-bond acceptors (Lipinski definition) is 5. The molecule has 0 fully saturated rings. The summed E-state index contributed by atoms with van der Waals surface area (Å²) in [6.07, 6.45) is 0.377. The predicted octanol–water partition coefficient (Wildman–Crippen LogP) is 3.25. The number of nitrogens with two attached hydrogens (primary N) is 1. The van der Waals surface area contributed by atoms with Crippen LogP contribution in [0.2, 0.25) is 0 Å². The second-order valence-electron chi connectivity index (χ2n) is 7.11. The Morgan fingerprint density at radius 3 is 2.43 bits per heavy atom. The molecule has 1 aromatic rings. The monoisotopic (exact) mass is 430 g/mol. The number of nitrogens with zero attached hydrogens (tertiary/aromatic N) is 3. The van der Waals surface area contributed by atoms with Crippen molar-refractivity contribution in [1.29, 1.82) is 0 Å². The Labute approximate surface area is 176 Å². The van der Waals surface area contributed by atoms with Crippen LogP contribution in [-0.4, -0.2) is 40.5 Å². The van der Waals surface area contributed by atoms with Gasteiger partial charge in [-0.1, -0.05) is 20.4 Å². The third-order valence-corrected chi connectivity index (χ3v) is 3.67. The molecule has 1 unspecified atom stereocenters. The molecule has 0 spiro atoms. The van der Waals surface area contributed by atoms with E-state index in [9.17, 15) is 18.0 Å². The molecule has 1 rings (SSSR count). The Morgan fingerprint density at radius 1 is 1.40 bits per heavy atom. The summed E-state index contributed by atoms with van der Waals surface area (Å²) in [5, 5.41) is 9.54. The van der Waals surface area contributed by atoms with Gasteiger partial charge in [0, 0.05) is 31.6 Å². The number of hydrogen-bond donors (Lipinski definition) is 3. The molecule has 0 saturated carbocycles. The first-order valence-electron chi connectivity index (χ1n) is 9.54. The smallest absolute Gasteiger partial charge is 0.404 e. The molecule has 0 radical (unpaired) electrons. The minimum absolute atomic E-state index is 0.0601. The van der Waals surface area contributed by atoms with Gasteiger partial charge < -0.3 is 16.4 Å². The highest BCUT2D eigenvalue weighted by Crippen LogP contribution is 2.28. The zero-order valence-electron chi connectivity index (χ0n) is 18.5. The van der Waals surface area contributed by atoms with Crippen molar-refractivity contribution < 1.29 is 18.0 Å². The largest absolute Gasteiger partial charge is 0.419 e. The number of allylic oxidation sites excluding steroid dienone is 1. The zero-order chi connectivity index (χ0) is 23.5. The number of aromatic nitrogens is 2. The molecule has 0 aromatic carbocycles. The van der Waals surface area contributed by atoms with Crippen LogP contribution in [0.1, 0.15) is 46.6 Å². The van der Waals surface area contributed by atoms with E-state index in [4.69, 9.17) is 5.73 Å². The molecule has 170 valence electrons. The van der Waals surface area contributed by atoms with Gasteiger partial charge in [0.2, 0.25) is 5.91 Å². The normalized spacial score (nSPS) is 13.4. The molecule has 7 nitrogen and oxygen atoms in total. The van der Waals surface area contributed by atoms with Crippen molar-refractivity contribution in [2.24, 2.45) is 10.7 Å². The maximum absolute atomic E-state index is 12.8. The number of amides is 1. The average molecular weight is 431 g/mol. The molecule has 1 aromatic heterocycles. The molecule has 0 aliphatic carbocycles. The minimum Gasteiger partial charge on any atom is -0.404 e. The molecule has 30 heavy (non-hydrogen) atoms.